The molecule has 0 aliphatic heterocycles. The van der Waals surface area contributed by atoms with Gasteiger partial charge in [-0.25, -0.2) is 0 Å². The molecule has 106 valence electrons. The Hall–Kier alpha value is -1.16. The van der Waals surface area contributed by atoms with Crippen LogP contribution in [0.25, 0.3) is 0 Å². The second kappa shape index (κ2) is 7.02. The molecule has 0 fully saturated rings. The van der Waals surface area contributed by atoms with Crippen LogP contribution in [-0.4, -0.2) is 13.2 Å². The van der Waals surface area contributed by atoms with Gasteiger partial charge in [-0.15, -0.1) is 11.8 Å². The normalized spacial score (nSPS) is 13.8. The molecule has 0 radical (unpaired) electrons. The van der Waals surface area contributed by atoms with Crippen LogP contribution in [0.4, 0.5) is 0 Å². The monoisotopic (exact) mass is 307 g/mol. The van der Waals surface area contributed by atoms with Crippen LogP contribution in [0.3, 0.4) is 0 Å². The van der Waals surface area contributed by atoms with Gasteiger partial charge >= 0.3 is 0 Å². The van der Waals surface area contributed by atoms with Gasteiger partial charge in [0.25, 0.3) is 0 Å². The summed E-state index contributed by atoms with van der Waals surface area (Å²) in [6.45, 7) is 2.02. The smallest absolute Gasteiger partial charge is 0.118 e. The standard InChI is InChI=1S/C16H18ClNOS/c1-11(18)16(12-6-8-14(19-2)9-7-12)20-15-5-3-4-13(17)10-15/h3-11,16H,18H2,1-2H3. The third-order valence-electron chi connectivity index (χ3n) is 2.98. The summed E-state index contributed by atoms with van der Waals surface area (Å²) < 4.78 is 5.19. The fraction of sp³-hybridized carbons (Fsp3) is 0.250. The van der Waals surface area contributed by atoms with Crippen molar-refractivity contribution in [2.24, 2.45) is 5.73 Å². The maximum Gasteiger partial charge on any atom is 0.118 e. The van der Waals surface area contributed by atoms with Gasteiger partial charge in [0, 0.05) is 21.2 Å². The van der Waals surface area contributed by atoms with Crippen molar-refractivity contribution in [2.75, 3.05) is 7.11 Å². The minimum atomic E-state index is 0.0346. The third-order valence-corrected chi connectivity index (χ3v) is 4.70. The van der Waals surface area contributed by atoms with E-state index in [2.05, 4.69) is 18.2 Å². The van der Waals surface area contributed by atoms with E-state index in [0.29, 0.717) is 0 Å². The molecule has 2 nitrogen and oxygen atoms in total. The van der Waals surface area contributed by atoms with Crippen LogP contribution in [0.15, 0.2) is 53.4 Å². The molecule has 0 aromatic heterocycles. The molecule has 0 aliphatic carbocycles. The van der Waals surface area contributed by atoms with Crippen LogP contribution in [0.2, 0.25) is 5.02 Å². The van der Waals surface area contributed by atoms with Crippen molar-refractivity contribution < 1.29 is 4.74 Å². The maximum atomic E-state index is 6.14. The molecule has 4 heteroatoms. The molecule has 20 heavy (non-hydrogen) atoms. The number of halogens is 1. The summed E-state index contributed by atoms with van der Waals surface area (Å²) >= 11 is 7.76. The lowest BCUT2D eigenvalue weighted by molar-refractivity contribution is 0.414. The van der Waals surface area contributed by atoms with Crippen molar-refractivity contribution in [3.63, 3.8) is 0 Å². The zero-order chi connectivity index (χ0) is 14.5. The molecule has 2 N–H and O–H groups in total. The molecule has 2 aromatic rings. The molecule has 2 rings (SSSR count). The summed E-state index contributed by atoms with van der Waals surface area (Å²) in [5.74, 6) is 0.852. The Bertz CT molecular complexity index is 557. The Morgan fingerprint density at radius 1 is 1.15 bits per heavy atom. The Morgan fingerprint density at radius 2 is 1.85 bits per heavy atom. The van der Waals surface area contributed by atoms with Gasteiger partial charge in [-0.05, 0) is 42.8 Å². The first kappa shape index (κ1) is 15.2. The first-order chi connectivity index (χ1) is 9.60. The van der Waals surface area contributed by atoms with Crippen molar-refractivity contribution in [3.05, 3.63) is 59.1 Å². The van der Waals surface area contributed by atoms with Gasteiger partial charge < -0.3 is 10.5 Å². The van der Waals surface area contributed by atoms with Crippen LogP contribution in [-0.2, 0) is 0 Å². The molecular weight excluding hydrogens is 290 g/mol. The minimum absolute atomic E-state index is 0.0346. The van der Waals surface area contributed by atoms with Crippen LogP contribution >= 0.6 is 23.4 Å². The highest BCUT2D eigenvalue weighted by Gasteiger charge is 2.18. The zero-order valence-corrected chi connectivity index (χ0v) is 13.1. The van der Waals surface area contributed by atoms with Gasteiger partial charge in [0.1, 0.15) is 5.75 Å². The lowest BCUT2D eigenvalue weighted by atomic mass is 10.1. The number of hydrogen-bond acceptors (Lipinski definition) is 3. The minimum Gasteiger partial charge on any atom is -0.497 e. The molecule has 2 unspecified atom stereocenters. The first-order valence-corrected chi connectivity index (χ1v) is 7.67. The highest BCUT2D eigenvalue weighted by molar-refractivity contribution is 7.99. The third kappa shape index (κ3) is 3.92. The van der Waals surface area contributed by atoms with E-state index in [1.54, 1.807) is 18.9 Å². The molecule has 0 saturated carbocycles. The van der Waals surface area contributed by atoms with E-state index in [9.17, 15) is 0 Å². The summed E-state index contributed by atoms with van der Waals surface area (Å²) in [5, 5.41) is 0.924. The Morgan fingerprint density at radius 3 is 2.40 bits per heavy atom. The second-order valence-corrected chi connectivity index (χ2v) is 6.28. The second-order valence-electron chi connectivity index (χ2n) is 4.63. The van der Waals surface area contributed by atoms with E-state index < -0.39 is 0 Å². The van der Waals surface area contributed by atoms with E-state index >= 15 is 0 Å². The van der Waals surface area contributed by atoms with Crippen molar-refractivity contribution in [1.82, 2.24) is 0 Å². The van der Waals surface area contributed by atoms with E-state index in [0.717, 1.165) is 15.7 Å². The summed E-state index contributed by atoms with van der Waals surface area (Å²) in [5.41, 5.74) is 7.33. The zero-order valence-electron chi connectivity index (χ0n) is 11.5. The van der Waals surface area contributed by atoms with Crippen LogP contribution in [0.5, 0.6) is 5.75 Å². The molecule has 0 bridgehead atoms. The maximum absolute atomic E-state index is 6.14. The average Bonchev–Trinajstić information content (AvgIpc) is 2.45. The van der Waals surface area contributed by atoms with Crippen molar-refractivity contribution in [2.45, 2.75) is 23.1 Å². The molecule has 2 aromatic carbocycles. The summed E-state index contributed by atoms with van der Waals surface area (Å²) in [7, 11) is 1.67. The number of methoxy groups -OCH3 is 1. The van der Waals surface area contributed by atoms with Gasteiger partial charge in [0.2, 0.25) is 0 Å². The number of benzene rings is 2. The number of nitrogens with two attached hydrogens (primary N) is 1. The lowest BCUT2D eigenvalue weighted by Gasteiger charge is -2.21. The van der Waals surface area contributed by atoms with Crippen LogP contribution < -0.4 is 10.5 Å². The summed E-state index contributed by atoms with van der Waals surface area (Å²) in [6, 6.07) is 15.9. The van der Waals surface area contributed by atoms with Gasteiger partial charge in [-0.1, -0.05) is 29.8 Å². The largest absolute Gasteiger partial charge is 0.497 e. The predicted molar refractivity (Wildman–Crippen MR) is 86.7 cm³/mol. The number of rotatable bonds is 5. The topological polar surface area (TPSA) is 35.2 Å². The number of thioether (sulfide) groups is 1. The molecule has 0 saturated heterocycles. The molecule has 0 amide bonds. The van der Waals surface area contributed by atoms with Gasteiger partial charge in [0.15, 0.2) is 0 Å². The fourth-order valence-corrected chi connectivity index (χ4v) is 3.37. The predicted octanol–water partition coefficient (Wildman–Crippen LogP) is 4.53. The number of ether oxygens (including phenoxy) is 1. The molecular formula is C16H18ClNOS. The molecule has 0 aliphatic rings. The number of hydrogen-bond donors (Lipinski definition) is 1. The first-order valence-electron chi connectivity index (χ1n) is 6.42. The fourth-order valence-electron chi connectivity index (χ4n) is 1.96. The average molecular weight is 308 g/mol. The highest BCUT2D eigenvalue weighted by Crippen LogP contribution is 2.38. The quantitative estimate of drug-likeness (QED) is 0.824. The Balaban J connectivity index is 2.22. The van der Waals surface area contributed by atoms with Gasteiger partial charge in [-0.2, -0.15) is 0 Å². The van der Waals surface area contributed by atoms with Crippen molar-refractivity contribution >= 4 is 23.4 Å². The lowest BCUT2D eigenvalue weighted by Crippen LogP contribution is -2.22. The molecule has 0 heterocycles. The summed E-state index contributed by atoms with van der Waals surface area (Å²) in [6.07, 6.45) is 0. The van der Waals surface area contributed by atoms with Crippen LogP contribution in [0.1, 0.15) is 17.7 Å². The SMILES string of the molecule is COc1ccc(C(Sc2cccc(Cl)c2)C(C)N)cc1. The van der Waals surface area contributed by atoms with E-state index in [1.807, 2.05) is 37.3 Å². The van der Waals surface area contributed by atoms with Crippen molar-refractivity contribution in [1.29, 1.82) is 0 Å². The molecule has 2 atom stereocenters. The highest BCUT2D eigenvalue weighted by atomic mass is 35.5. The molecule has 0 spiro atoms. The summed E-state index contributed by atoms with van der Waals surface area (Å²) in [4.78, 5) is 1.12. The van der Waals surface area contributed by atoms with Crippen LogP contribution in [0, 0.1) is 0 Å². The van der Waals surface area contributed by atoms with Gasteiger partial charge in [0.05, 0.1) is 7.11 Å². The van der Waals surface area contributed by atoms with Crippen molar-refractivity contribution in [3.8, 4) is 5.75 Å². The Labute approximate surface area is 129 Å². The van der Waals surface area contributed by atoms with E-state index in [-0.39, 0.29) is 11.3 Å². The van der Waals surface area contributed by atoms with E-state index in [1.165, 1.54) is 5.56 Å². The van der Waals surface area contributed by atoms with E-state index in [4.69, 9.17) is 22.1 Å². The van der Waals surface area contributed by atoms with Gasteiger partial charge in [-0.3, -0.25) is 0 Å². The Kier molecular flexibility index (Phi) is 5.35.